The van der Waals surface area contributed by atoms with Gasteiger partial charge in [0.1, 0.15) is 11.4 Å². The van der Waals surface area contributed by atoms with Crippen molar-refractivity contribution in [3.63, 3.8) is 0 Å². The van der Waals surface area contributed by atoms with Gasteiger partial charge in [-0.25, -0.2) is 9.80 Å². The molecule has 3 heterocycles. The van der Waals surface area contributed by atoms with E-state index < -0.39 is 0 Å². The summed E-state index contributed by atoms with van der Waals surface area (Å²) in [6.45, 7) is 7.15. The number of aromatic nitrogens is 6. The van der Waals surface area contributed by atoms with E-state index in [0.717, 1.165) is 22.5 Å². The fraction of sp³-hybridized carbons (Fsp3) is 0.231. The summed E-state index contributed by atoms with van der Waals surface area (Å²) in [6.07, 6.45) is 3.60. The molecule has 2 aromatic heterocycles. The molecule has 0 spiro atoms. The van der Waals surface area contributed by atoms with Crippen molar-refractivity contribution in [2.45, 2.75) is 38.0 Å². The maximum Gasteiger partial charge on any atom is 0.296 e. The molecule has 0 radical (unpaired) electrons. The summed E-state index contributed by atoms with van der Waals surface area (Å²) < 4.78 is 2.48. The van der Waals surface area contributed by atoms with Crippen molar-refractivity contribution >= 4 is 46.8 Å². The maximum absolute atomic E-state index is 13.2. The van der Waals surface area contributed by atoms with Crippen LogP contribution in [0.4, 0.5) is 11.4 Å². The first kappa shape index (κ1) is 27.3. The number of hydrogen-bond donors (Lipinski definition) is 0. The maximum atomic E-state index is 13.2. The quantitative estimate of drug-likeness (QED) is 0.317. The minimum Gasteiger partial charge on any atom is -0.265 e. The van der Waals surface area contributed by atoms with Gasteiger partial charge >= 0.3 is 0 Å². The van der Waals surface area contributed by atoms with Gasteiger partial charge < -0.3 is 0 Å². The van der Waals surface area contributed by atoms with Crippen LogP contribution in [0, 0.1) is 27.7 Å². The summed E-state index contributed by atoms with van der Waals surface area (Å²) in [5.74, 6) is 0.773. The highest BCUT2D eigenvalue weighted by Crippen LogP contribution is 2.32. The highest BCUT2D eigenvalue weighted by atomic mass is 32.2. The van der Waals surface area contributed by atoms with Crippen LogP contribution in [0.15, 0.2) is 78.6 Å². The van der Waals surface area contributed by atoms with Gasteiger partial charge in [-0.15, -0.1) is 30.6 Å². The Morgan fingerprint density at radius 3 is 1.38 bits per heavy atom. The largest absolute Gasteiger partial charge is 0.296 e. The van der Waals surface area contributed by atoms with Crippen molar-refractivity contribution < 1.29 is 0 Å². The third-order valence-electron chi connectivity index (χ3n) is 6.00. The fourth-order valence-electron chi connectivity index (χ4n) is 4.00. The number of nitrogens with zero attached hydrogens (tertiary/aromatic N) is 10. The molecule has 40 heavy (non-hydrogen) atoms. The topological polar surface area (TPSA) is 127 Å². The zero-order chi connectivity index (χ0) is 28.6. The van der Waals surface area contributed by atoms with E-state index in [2.05, 4.69) is 20.4 Å². The highest BCUT2D eigenvalue weighted by molar-refractivity contribution is 7.98. The summed E-state index contributed by atoms with van der Waals surface area (Å²) in [6, 6.07) is 15.6. The number of thioether (sulfide) groups is 2. The van der Waals surface area contributed by atoms with E-state index in [9.17, 15) is 9.59 Å². The number of aryl methyl sites for hydroxylation is 4. The van der Waals surface area contributed by atoms with Crippen molar-refractivity contribution in [1.82, 2.24) is 29.7 Å². The summed E-state index contributed by atoms with van der Waals surface area (Å²) in [7, 11) is 0. The molecule has 0 amide bonds. The van der Waals surface area contributed by atoms with Gasteiger partial charge in [-0.3, -0.25) is 9.59 Å². The van der Waals surface area contributed by atoms with Gasteiger partial charge in [-0.05, 0) is 75.6 Å². The first-order chi connectivity index (χ1) is 19.2. The molecule has 0 aliphatic carbocycles. The molecule has 1 fully saturated rings. The first-order valence-electron chi connectivity index (χ1n) is 12.2. The van der Waals surface area contributed by atoms with E-state index >= 15 is 0 Å². The van der Waals surface area contributed by atoms with Crippen LogP contribution in [0.1, 0.15) is 22.5 Å². The number of benzene rings is 2. The second-order valence-corrected chi connectivity index (χ2v) is 10.5. The summed E-state index contributed by atoms with van der Waals surface area (Å²) in [5.41, 5.74) is 3.17. The molecule has 4 aromatic rings. The van der Waals surface area contributed by atoms with Gasteiger partial charge in [0.05, 0.1) is 11.4 Å². The Bertz CT molecular complexity index is 1650. The average Bonchev–Trinajstić information content (AvgIpc) is 2.93. The third kappa shape index (κ3) is 4.91. The highest BCUT2D eigenvalue weighted by Gasteiger charge is 2.43. The summed E-state index contributed by atoms with van der Waals surface area (Å²) in [4.78, 5) is 29.9. The van der Waals surface area contributed by atoms with Crippen molar-refractivity contribution in [1.29, 1.82) is 0 Å². The van der Waals surface area contributed by atoms with Gasteiger partial charge in [0.2, 0.25) is 22.2 Å². The summed E-state index contributed by atoms with van der Waals surface area (Å²) >= 11 is 2.51. The van der Waals surface area contributed by atoms with E-state index in [4.69, 9.17) is 10.2 Å². The molecule has 1 saturated heterocycles. The Kier molecular flexibility index (Phi) is 7.54. The van der Waals surface area contributed by atoms with Crippen molar-refractivity contribution in [2.75, 3.05) is 22.3 Å². The zero-order valence-corrected chi connectivity index (χ0v) is 24.4. The van der Waals surface area contributed by atoms with Gasteiger partial charge in [0.15, 0.2) is 0 Å². The van der Waals surface area contributed by atoms with Crippen LogP contribution in [0.2, 0.25) is 0 Å². The monoisotopic (exact) mass is 574 g/mol. The zero-order valence-electron chi connectivity index (χ0n) is 22.7. The average molecular weight is 575 g/mol. The van der Waals surface area contributed by atoms with E-state index in [0.29, 0.717) is 22.2 Å². The van der Waals surface area contributed by atoms with Crippen LogP contribution in [-0.2, 0) is 0 Å². The second-order valence-electron chi connectivity index (χ2n) is 8.93. The molecule has 0 saturated carbocycles. The SMILES string of the molecule is CSc1nnc(C)c(=O)n1N=C1N(c2cccc(C)c2)C(=Nn2c(SC)nnc(C)c2=O)N1c1cccc(C)c1. The lowest BCUT2D eigenvalue weighted by atomic mass is 10.1. The van der Waals surface area contributed by atoms with Gasteiger partial charge in [0.25, 0.3) is 11.1 Å². The Morgan fingerprint density at radius 2 is 1.02 bits per heavy atom. The predicted octanol–water partition coefficient (Wildman–Crippen LogP) is 3.23. The van der Waals surface area contributed by atoms with Crippen LogP contribution in [0.3, 0.4) is 0 Å². The Hall–Kier alpha value is -4.30. The number of anilines is 2. The molecule has 0 N–H and O–H groups in total. The van der Waals surface area contributed by atoms with E-state index in [1.165, 1.54) is 32.9 Å². The Balaban J connectivity index is 1.83. The van der Waals surface area contributed by atoms with Crippen LogP contribution in [0.5, 0.6) is 0 Å². The molecule has 0 bridgehead atoms. The minimum atomic E-state index is -0.388. The second kappa shape index (κ2) is 11.1. The van der Waals surface area contributed by atoms with Crippen molar-refractivity contribution in [2.24, 2.45) is 10.2 Å². The Labute approximate surface area is 238 Å². The lowest BCUT2D eigenvalue weighted by Crippen LogP contribution is -2.67. The lowest BCUT2D eigenvalue weighted by Gasteiger charge is -2.45. The minimum absolute atomic E-state index is 0.217. The number of hydrogen-bond acceptors (Lipinski definition) is 10. The van der Waals surface area contributed by atoms with Gasteiger partial charge in [-0.1, -0.05) is 47.8 Å². The fourth-order valence-corrected chi connectivity index (χ4v) is 4.84. The summed E-state index contributed by atoms with van der Waals surface area (Å²) in [5, 5.41) is 26.5. The number of rotatable bonds is 6. The van der Waals surface area contributed by atoms with Crippen molar-refractivity contribution in [3.05, 3.63) is 91.8 Å². The van der Waals surface area contributed by atoms with Crippen LogP contribution in [-0.4, -0.2) is 54.2 Å². The van der Waals surface area contributed by atoms with E-state index in [-0.39, 0.29) is 22.5 Å². The number of guanidine groups is 2. The van der Waals surface area contributed by atoms with Crippen LogP contribution < -0.4 is 20.9 Å². The first-order valence-corrected chi connectivity index (χ1v) is 14.6. The molecular weight excluding hydrogens is 548 g/mol. The molecule has 1 aliphatic heterocycles. The molecule has 5 rings (SSSR count). The molecule has 0 unspecified atom stereocenters. The van der Waals surface area contributed by atoms with Gasteiger partial charge in [0, 0.05) is 0 Å². The smallest absolute Gasteiger partial charge is 0.265 e. The molecule has 14 heteroatoms. The Morgan fingerprint density at radius 1 is 0.625 bits per heavy atom. The molecule has 1 aliphatic rings. The molecule has 2 aromatic carbocycles. The van der Waals surface area contributed by atoms with Crippen LogP contribution >= 0.6 is 23.5 Å². The van der Waals surface area contributed by atoms with Crippen LogP contribution in [0.25, 0.3) is 0 Å². The third-order valence-corrected chi connectivity index (χ3v) is 7.24. The van der Waals surface area contributed by atoms with Gasteiger partial charge in [-0.2, -0.15) is 9.35 Å². The lowest BCUT2D eigenvalue weighted by molar-refractivity contribution is 0.622. The molecule has 12 nitrogen and oxygen atoms in total. The van der Waals surface area contributed by atoms with Crippen molar-refractivity contribution in [3.8, 4) is 0 Å². The molecule has 0 atom stereocenters. The predicted molar refractivity (Wildman–Crippen MR) is 159 cm³/mol. The normalized spacial score (nSPS) is 12.9. The molecule has 204 valence electrons. The molecular formula is C26H26N10O2S2. The van der Waals surface area contributed by atoms with E-state index in [1.807, 2.05) is 62.4 Å². The standard InChI is InChI=1S/C26H26N10O2S2/c1-15-9-7-11-19(13-15)33-23(31-35-21(37)17(3)27-29-25(35)39-5)34(20-12-8-10-16(2)14-20)24(33)32-36-22(38)18(4)28-30-26(36)40-6/h7-14H,1-6H3. The van der Waals surface area contributed by atoms with E-state index in [1.54, 1.807) is 36.2 Å².